The monoisotopic (exact) mass is 279 g/mol. The van der Waals surface area contributed by atoms with Crippen LogP contribution in [0.3, 0.4) is 0 Å². The predicted molar refractivity (Wildman–Crippen MR) is 70.7 cm³/mol. The van der Waals surface area contributed by atoms with E-state index in [0.717, 1.165) is 32.1 Å². The number of amides is 1. The molecule has 3 fully saturated rings. The summed E-state index contributed by atoms with van der Waals surface area (Å²) in [5, 5.41) is 2.79. The first-order valence-electron chi connectivity index (χ1n) is 7.63. The molecule has 0 aliphatic heterocycles. The van der Waals surface area contributed by atoms with Gasteiger partial charge in [0.1, 0.15) is 5.78 Å². The highest BCUT2D eigenvalue weighted by molar-refractivity contribution is 5.88. The normalized spacial score (nSPS) is 32.6. The molecule has 3 saturated carbocycles. The fraction of sp³-hybridized carbons (Fsp3) is 0.800. The molecular weight excluding hydrogens is 258 g/mol. The molecule has 1 amide bonds. The van der Waals surface area contributed by atoms with E-state index in [1.165, 1.54) is 0 Å². The largest absolute Gasteiger partial charge is 0.455 e. The summed E-state index contributed by atoms with van der Waals surface area (Å²) in [6.45, 7) is -0.185. The van der Waals surface area contributed by atoms with E-state index in [4.69, 9.17) is 4.74 Å². The summed E-state index contributed by atoms with van der Waals surface area (Å²) in [7, 11) is 0. The first-order chi connectivity index (χ1) is 9.63. The van der Waals surface area contributed by atoms with Crippen LogP contribution in [0, 0.1) is 17.8 Å². The minimum atomic E-state index is -0.305. The van der Waals surface area contributed by atoms with Crippen molar-refractivity contribution >= 4 is 17.7 Å². The van der Waals surface area contributed by atoms with Crippen molar-refractivity contribution in [1.29, 1.82) is 0 Å². The van der Waals surface area contributed by atoms with Crippen LogP contribution in [0.5, 0.6) is 0 Å². The Morgan fingerprint density at radius 2 is 1.75 bits per heavy atom. The Labute approximate surface area is 118 Å². The molecule has 3 aliphatic carbocycles. The molecule has 5 nitrogen and oxygen atoms in total. The molecule has 2 bridgehead atoms. The number of carbonyl (C=O) groups is 3. The highest BCUT2D eigenvalue weighted by atomic mass is 16.5. The van der Waals surface area contributed by atoms with Crippen molar-refractivity contribution in [1.82, 2.24) is 5.32 Å². The molecule has 0 spiro atoms. The molecule has 0 aromatic rings. The zero-order valence-electron chi connectivity index (χ0n) is 11.6. The van der Waals surface area contributed by atoms with Gasteiger partial charge in [-0.3, -0.25) is 14.4 Å². The quantitative estimate of drug-likeness (QED) is 0.785. The van der Waals surface area contributed by atoms with Crippen molar-refractivity contribution in [2.45, 2.75) is 51.0 Å². The van der Waals surface area contributed by atoms with Crippen molar-refractivity contribution in [2.24, 2.45) is 17.8 Å². The molecule has 0 saturated heterocycles. The number of carbonyl (C=O) groups excluding carboxylic acids is 3. The van der Waals surface area contributed by atoms with Crippen LogP contribution in [0.25, 0.3) is 0 Å². The highest BCUT2D eigenvalue weighted by Crippen LogP contribution is 2.40. The smallest absolute Gasteiger partial charge is 0.309 e. The minimum absolute atomic E-state index is 0.0420. The second-order valence-electron chi connectivity index (χ2n) is 6.34. The number of ketones is 1. The van der Waals surface area contributed by atoms with Crippen molar-refractivity contribution in [3.63, 3.8) is 0 Å². The van der Waals surface area contributed by atoms with Gasteiger partial charge < -0.3 is 10.1 Å². The van der Waals surface area contributed by atoms with E-state index in [9.17, 15) is 14.4 Å². The first-order valence-corrected chi connectivity index (χ1v) is 7.63. The summed E-state index contributed by atoms with van der Waals surface area (Å²) in [6.07, 6.45) is 6.16. The average molecular weight is 279 g/mol. The number of fused-ring (bicyclic) bond motifs is 2. The summed E-state index contributed by atoms with van der Waals surface area (Å²) >= 11 is 0. The zero-order valence-corrected chi connectivity index (χ0v) is 11.6. The summed E-state index contributed by atoms with van der Waals surface area (Å²) in [6, 6.07) is 0.285. The van der Waals surface area contributed by atoms with Crippen LogP contribution in [0.1, 0.15) is 44.9 Å². The number of Topliss-reactive ketones (excluding diaryl/α,β-unsaturated/α-hetero) is 1. The molecule has 0 aromatic carbocycles. The second-order valence-corrected chi connectivity index (χ2v) is 6.34. The Morgan fingerprint density at radius 1 is 1.10 bits per heavy atom. The Balaban J connectivity index is 1.47. The predicted octanol–water partition coefficient (Wildman–Crippen LogP) is 1.20. The molecule has 3 aliphatic rings. The van der Waals surface area contributed by atoms with Crippen LogP contribution < -0.4 is 5.32 Å². The lowest BCUT2D eigenvalue weighted by atomic mass is 9.67. The van der Waals surface area contributed by atoms with Gasteiger partial charge in [0.2, 0.25) is 0 Å². The van der Waals surface area contributed by atoms with Crippen molar-refractivity contribution in [3.8, 4) is 0 Å². The molecule has 1 N–H and O–H groups in total. The van der Waals surface area contributed by atoms with E-state index >= 15 is 0 Å². The molecule has 110 valence electrons. The van der Waals surface area contributed by atoms with Gasteiger partial charge >= 0.3 is 5.97 Å². The highest BCUT2D eigenvalue weighted by Gasteiger charge is 2.41. The van der Waals surface area contributed by atoms with Crippen LogP contribution in [0.15, 0.2) is 0 Å². The lowest BCUT2D eigenvalue weighted by Crippen LogP contribution is -2.40. The Morgan fingerprint density at radius 3 is 2.35 bits per heavy atom. The van der Waals surface area contributed by atoms with Gasteiger partial charge in [-0.1, -0.05) is 6.42 Å². The fourth-order valence-electron chi connectivity index (χ4n) is 3.42. The standard InChI is InChI=1S/C15H21NO4/c17-13(16-12-4-5-12)8-20-15(19)11-6-9-2-1-3-10(7-11)14(9)18/h9-12H,1-8H2,(H,16,17)/t9-,10-/m1/s1. The SMILES string of the molecule is O=C(COC(=O)C1C[C@H]2CCC[C@H](C1)C2=O)NC1CC1. The van der Waals surface area contributed by atoms with E-state index < -0.39 is 0 Å². The van der Waals surface area contributed by atoms with E-state index in [-0.39, 0.29) is 42.3 Å². The van der Waals surface area contributed by atoms with Crippen LogP contribution in [-0.4, -0.2) is 30.3 Å². The van der Waals surface area contributed by atoms with Crippen LogP contribution in [0.2, 0.25) is 0 Å². The maximum absolute atomic E-state index is 12.0. The Kier molecular flexibility index (Phi) is 3.76. The van der Waals surface area contributed by atoms with Gasteiger partial charge in [-0.05, 0) is 38.5 Å². The zero-order chi connectivity index (χ0) is 14.1. The molecule has 5 heteroatoms. The third-order valence-electron chi connectivity index (χ3n) is 4.67. The van der Waals surface area contributed by atoms with Gasteiger partial charge in [0.05, 0.1) is 5.92 Å². The van der Waals surface area contributed by atoms with Crippen LogP contribution in [0.4, 0.5) is 0 Å². The van der Waals surface area contributed by atoms with Gasteiger partial charge in [0, 0.05) is 17.9 Å². The number of esters is 1. The van der Waals surface area contributed by atoms with Gasteiger partial charge in [-0.15, -0.1) is 0 Å². The van der Waals surface area contributed by atoms with E-state index in [0.29, 0.717) is 18.6 Å². The number of nitrogens with one attached hydrogen (secondary N) is 1. The maximum atomic E-state index is 12.0. The van der Waals surface area contributed by atoms with Gasteiger partial charge in [-0.25, -0.2) is 0 Å². The van der Waals surface area contributed by atoms with Crippen LogP contribution >= 0.6 is 0 Å². The minimum Gasteiger partial charge on any atom is -0.455 e. The molecule has 3 rings (SSSR count). The Bertz CT molecular complexity index is 414. The summed E-state index contributed by atoms with van der Waals surface area (Å²) in [4.78, 5) is 35.5. The topological polar surface area (TPSA) is 72.5 Å². The number of ether oxygens (including phenoxy) is 1. The third-order valence-corrected chi connectivity index (χ3v) is 4.67. The maximum Gasteiger partial charge on any atom is 0.309 e. The molecular formula is C15H21NO4. The van der Waals surface area contributed by atoms with Crippen molar-refractivity contribution in [3.05, 3.63) is 0 Å². The fourth-order valence-corrected chi connectivity index (χ4v) is 3.42. The number of hydrogen-bond donors (Lipinski definition) is 1. The lowest BCUT2D eigenvalue weighted by Gasteiger charge is -2.36. The molecule has 0 aromatic heterocycles. The van der Waals surface area contributed by atoms with Gasteiger partial charge in [0.15, 0.2) is 6.61 Å². The second kappa shape index (κ2) is 5.54. The van der Waals surface area contributed by atoms with E-state index in [1.807, 2.05) is 0 Å². The molecule has 2 atom stereocenters. The summed E-state index contributed by atoms with van der Waals surface area (Å²) in [5.74, 6) is -0.294. The third kappa shape index (κ3) is 3.02. The Hall–Kier alpha value is -1.39. The lowest BCUT2D eigenvalue weighted by molar-refractivity contribution is -0.156. The van der Waals surface area contributed by atoms with Gasteiger partial charge in [-0.2, -0.15) is 0 Å². The summed E-state index contributed by atoms with van der Waals surface area (Å²) in [5.41, 5.74) is 0. The molecule has 20 heavy (non-hydrogen) atoms. The van der Waals surface area contributed by atoms with Crippen molar-refractivity contribution in [2.75, 3.05) is 6.61 Å². The molecule has 0 unspecified atom stereocenters. The van der Waals surface area contributed by atoms with Crippen molar-refractivity contribution < 1.29 is 19.1 Å². The molecule has 0 radical (unpaired) electrons. The average Bonchev–Trinajstić information content (AvgIpc) is 3.19. The van der Waals surface area contributed by atoms with Crippen LogP contribution in [-0.2, 0) is 19.1 Å². The van der Waals surface area contributed by atoms with Gasteiger partial charge in [0.25, 0.3) is 5.91 Å². The number of rotatable bonds is 4. The summed E-state index contributed by atoms with van der Waals surface area (Å²) < 4.78 is 5.11. The van der Waals surface area contributed by atoms with E-state index in [2.05, 4.69) is 5.32 Å². The molecule has 0 heterocycles. The van der Waals surface area contributed by atoms with E-state index in [1.54, 1.807) is 0 Å². The number of hydrogen-bond acceptors (Lipinski definition) is 4. The first kappa shape index (κ1) is 13.6.